The third kappa shape index (κ3) is 4.07. The number of aliphatic hydroxyl groups excluding tert-OH is 1. The van der Waals surface area contributed by atoms with E-state index >= 15 is 0 Å². The van der Waals surface area contributed by atoms with Gasteiger partial charge in [-0.2, -0.15) is 0 Å². The number of carbonyl (C=O) groups is 1. The van der Waals surface area contributed by atoms with Crippen molar-refractivity contribution < 1.29 is 14.3 Å². The summed E-state index contributed by atoms with van der Waals surface area (Å²) in [6, 6.07) is 20.7. The van der Waals surface area contributed by atoms with Gasteiger partial charge in [-0.1, -0.05) is 42.1 Å². The van der Waals surface area contributed by atoms with Gasteiger partial charge < -0.3 is 14.8 Å². The molecule has 1 amide bonds. The van der Waals surface area contributed by atoms with Gasteiger partial charge in [0.15, 0.2) is 0 Å². The van der Waals surface area contributed by atoms with Crippen molar-refractivity contribution in [2.45, 2.75) is 15.9 Å². The minimum atomic E-state index is -0.863. The summed E-state index contributed by atoms with van der Waals surface area (Å²) in [5.41, 5.74) is 0.581. The molecule has 0 saturated heterocycles. The number of benzene rings is 2. The van der Waals surface area contributed by atoms with Crippen LogP contribution in [0.1, 0.15) is 22.2 Å². The molecule has 0 saturated carbocycles. The fraction of sp³-hybridized carbons (Fsp3) is 0.105. The lowest BCUT2D eigenvalue weighted by Crippen LogP contribution is -2.28. The molecule has 1 unspecified atom stereocenters. The van der Waals surface area contributed by atoms with Crippen molar-refractivity contribution in [3.63, 3.8) is 0 Å². The van der Waals surface area contributed by atoms with Crippen molar-refractivity contribution in [3.05, 3.63) is 84.3 Å². The minimum absolute atomic E-state index is 0.0939. The van der Waals surface area contributed by atoms with E-state index in [1.54, 1.807) is 18.2 Å². The Hall–Kier alpha value is -2.50. The Morgan fingerprint density at radius 1 is 1.04 bits per heavy atom. The van der Waals surface area contributed by atoms with E-state index in [9.17, 15) is 9.90 Å². The summed E-state index contributed by atoms with van der Waals surface area (Å²) in [6.07, 6.45) is 0.629. The smallest absolute Gasteiger partial charge is 0.252 e. The molecule has 0 spiro atoms. The van der Waals surface area contributed by atoms with Crippen molar-refractivity contribution in [1.82, 2.24) is 5.32 Å². The van der Waals surface area contributed by atoms with Gasteiger partial charge in [0.05, 0.1) is 18.4 Å². The van der Waals surface area contributed by atoms with Gasteiger partial charge in [0.1, 0.15) is 11.9 Å². The van der Waals surface area contributed by atoms with Crippen molar-refractivity contribution >= 4 is 17.7 Å². The molecule has 1 heterocycles. The number of rotatable bonds is 6. The minimum Gasteiger partial charge on any atom is -0.467 e. The van der Waals surface area contributed by atoms with Gasteiger partial charge in [0, 0.05) is 9.79 Å². The van der Waals surface area contributed by atoms with Crippen LogP contribution in [0.15, 0.2) is 87.2 Å². The molecule has 2 aromatic carbocycles. The van der Waals surface area contributed by atoms with Crippen LogP contribution < -0.4 is 5.32 Å². The maximum absolute atomic E-state index is 12.5. The lowest BCUT2D eigenvalue weighted by Gasteiger charge is -2.12. The van der Waals surface area contributed by atoms with Crippen molar-refractivity contribution in [3.8, 4) is 0 Å². The first-order valence-electron chi connectivity index (χ1n) is 7.55. The molecule has 0 bridgehead atoms. The van der Waals surface area contributed by atoms with Gasteiger partial charge in [0.2, 0.25) is 0 Å². The van der Waals surface area contributed by atoms with Crippen LogP contribution in [0.25, 0.3) is 0 Å². The number of furan rings is 1. The zero-order valence-electron chi connectivity index (χ0n) is 12.9. The predicted molar refractivity (Wildman–Crippen MR) is 93.0 cm³/mol. The highest BCUT2D eigenvalue weighted by Crippen LogP contribution is 2.30. The molecule has 3 rings (SSSR count). The van der Waals surface area contributed by atoms with E-state index in [2.05, 4.69) is 5.32 Å². The number of carbonyl (C=O) groups excluding carboxylic acids is 1. The molecule has 3 aromatic rings. The van der Waals surface area contributed by atoms with E-state index in [0.717, 1.165) is 9.79 Å². The Kier molecular flexibility index (Phi) is 5.36. The highest BCUT2D eigenvalue weighted by Gasteiger charge is 2.15. The van der Waals surface area contributed by atoms with Crippen molar-refractivity contribution in [1.29, 1.82) is 0 Å². The lowest BCUT2D eigenvalue weighted by molar-refractivity contribution is 0.0898. The van der Waals surface area contributed by atoms with E-state index in [0.29, 0.717) is 11.3 Å². The van der Waals surface area contributed by atoms with Gasteiger partial charge in [-0.3, -0.25) is 4.79 Å². The van der Waals surface area contributed by atoms with Crippen molar-refractivity contribution in [2.24, 2.45) is 0 Å². The monoisotopic (exact) mass is 339 g/mol. The molecule has 24 heavy (non-hydrogen) atoms. The summed E-state index contributed by atoms with van der Waals surface area (Å²) in [4.78, 5) is 14.4. The molecule has 122 valence electrons. The summed E-state index contributed by atoms with van der Waals surface area (Å²) >= 11 is 1.53. The van der Waals surface area contributed by atoms with Crippen LogP contribution in [0.5, 0.6) is 0 Å². The molecule has 1 aromatic heterocycles. The van der Waals surface area contributed by atoms with E-state index < -0.39 is 6.10 Å². The topological polar surface area (TPSA) is 62.5 Å². The average molecular weight is 339 g/mol. The molecular weight excluding hydrogens is 322 g/mol. The molecule has 0 fully saturated rings. The van der Waals surface area contributed by atoms with Gasteiger partial charge in [-0.05, 0) is 36.4 Å². The second kappa shape index (κ2) is 7.86. The second-order valence-electron chi connectivity index (χ2n) is 5.15. The molecule has 1 atom stereocenters. The van der Waals surface area contributed by atoms with Gasteiger partial charge in [-0.15, -0.1) is 0 Å². The number of hydrogen-bond acceptors (Lipinski definition) is 4. The van der Waals surface area contributed by atoms with Gasteiger partial charge in [-0.25, -0.2) is 0 Å². The summed E-state index contributed by atoms with van der Waals surface area (Å²) in [6.45, 7) is 0.0939. The molecular formula is C19H17NO3S. The zero-order chi connectivity index (χ0) is 16.8. The maximum Gasteiger partial charge on any atom is 0.252 e. The molecule has 0 aliphatic rings. The lowest BCUT2D eigenvalue weighted by atomic mass is 10.2. The average Bonchev–Trinajstić information content (AvgIpc) is 3.15. The molecule has 0 aliphatic heterocycles. The maximum atomic E-state index is 12.5. The Balaban J connectivity index is 1.68. The Morgan fingerprint density at radius 2 is 1.79 bits per heavy atom. The first kappa shape index (κ1) is 16.4. The number of aliphatic hydroxyl groups is 1. The largest absolute Gasteiger partial charge is 0.467 e. The van der Waals surface area contributed by atoms with Crippen molar-refractivity contribution in [2.75, 3.05) is 6.54 Å². The Labute approximate surface area is 144 Å². The zero-order valence-corrected chi connectivity index (χ0v) is 13.7. The molecule has 5 heteroatoms. The molecule has 4 nitrogen and oxygen atoms in total. The van der Waals surface area contributed by atoms with Crippen LogP contribution in [0.2, 0.25) is 0 Å². The van der Waals surface area contributed by atoms with Crippen LogP contribution in [0.4, 0.5) is 0 Å². The van der Waals surface area contributed by atoms with Crippen LogP contribution in [0, 0.1) is 0 Å². The van der Waals surface area contributed by atoms with E-state index in [4.69, 9.17) is 4.42 Å². The first-order valence-corrected chi connectivity index (χ1v) is 8.37. The molecule has 0 radical (unpaired) electrons. The number of hydrogen-bond donors (Lipinski definition) is 2. The number of nitrogens with one attached hydrogen (secondary N) is 1. The fourth-order valence-electron chi connectivity index (χ4n) is 2.22. The SMILES string of the molecule is O=C(NCC(O)c1ccco1)c1ccccc1Sc1ccccc1. The van der Waals surface area contributed by atoms with Gasteiger partial charge >= 0.3 is 0 Å². The third-order valence-corrected chi connectivity index (χ3v) is 4.51. The summed E-state index contributed by atoms with van der Waals surface area (Å²) < 4.78 is 5.13. The Bertz CT molecular complexity index is 787. The highest BCUT2D eigenvalue weighted by atomic mass is 32.2. The quantitative estimate of drug-likeness (QED) is 0.715. The molecule has 0 aliphatic carbocycles. The van der Waals surface area contributed by atoms with Crippen LogP contribution in [0.3, 0.4) is 0 Å². The summed E-state index contributed by atoms with van der Waals surface area (Å²) in [5.74, 6) is 0.210. The normalized spacial score (nSPS) is 11.9. The summed E-state index contributed by atoms with van der Waals surface area (Å²) in [7, 11) is 0. The van der Waals surface area contributed by atoms with E-state index in [1.165, 1.54) is 18.0 Å². The highest BCUT2D eigenvalue weighted by molar-refractivity contribution is 7.99. The van der Waals surface area contributed by atoms with Crippen LogP contribution in [-0.2, 0) is 0 Å². The number of amides is 1. The first-order chi connectivity index (χ1) is 11.7. The summed E-state index contributed by atoms with van der Waals surface area (Å²) in [5, 5.41) is 12.7. The predicted octanol–water partition coefficient (Wildman–Crippen LogP) is 3.89. The van der Waals surface area contributed by atoms with E-state index in [-0.39, 0.29) is 12.5 Å². The fourth-order valence-corrected chi connectivity index (χ4v) is 3.19. The van der Waals surface area contributed by atoms with Crippen LogP contribution in [-0.4, -0.2) is 17.6 Å². The third-order valence-electron chi connectivity index (χ3n) is 3.43. The molecule has 2 N–H and O–H groups in total. The standard InChI is InChI=1S/C19H17NO3S/c21-16(17-10-6-12-23-17)13-20-19(22)15-9-4-5-11-18(15)24-14-7-2-1-3-8-14/h1-12,16,21H,13H2,(H,20,22). The second-order valence-corrected chi connectivity index (χ2v) is 6.27. The van der Waals surface area contributed by atoms with E-state index in [1.807, 2.05) is 48.5 Å². The van der Waals surface area contributed by atoms with Crippen LogP contribution >= 0.6 is 11.8 Å². The Morgan fingerprint density at radius 3 is 2.54 bits per heavy atom. The van der Waals surface area contributed by atoms with Gasteiger partial charge in [0.25, 0.3) is 5.91 Å².